The van der Waals surface area contributed by atoms with Gasteiger partial charge in [-0.2, -0.15) is 0 Å². The number of hydrogen-bond donors (Lipinski definition) is 4. The minimum absolute atomic E-state index is 0.205. The third kappa shape index (κ3) is 4.59. The van der Waals surface area contributed by atoms with E-state index in [1.54, 1.807) is 6.92 Å². The first-order valence-electron chi connectivity index (χ1n) is 9.85. The molecule has 3 aromatic rings. The maximum Gasteiger partial charge on any atom is 0.330 e. The summed E-state index contributed by atoms with van der Waals surface area (Å²) >= 11 is 1.82. The highest BCUT2D eigenvalue weighted by Crippen LogP contribution is 2.43. The number of aliphatic hydroxyl groups is 2. The summed E-state index contributed by atoms with van der Waals surface area (Å²) in [4.78, 5) is 27.5. The maximum atomic E-state index is 11.6. The number of aromatic amines is 1. The lowest BCUT2D eigenvalue weighted by Crippen LogP contribution is -2.33. The fraction of sp³-hybridized carbons (Fsp3) is 0.273. The van der Waals surface area contributed by atoms with Crippen LogP contribution in [0.4, 0.5) is 11.4 Å². The van der Waals surface area contributed by atoms with Gasteiger partial charge in [-0.1, -0.05) is 36.0 Å². The maximum absolute atomic E-state index is 11.6. The normalized spacial score (nSPS) is 21.3. The van der Waals surface area contributed by atoms with E-state index in [0.717, 1.165) is 0 Å². The number of fused-ring (bicyclic) bond motifs is 2. The molecule has 0 unspecified atom stereocenters. The second-order valence-electron chi connectivity index (χ2n) is 7.31. The molecule has 2 aliphatic rings. The Labute approximate surface area is 182 Å². The lowest BCUT2D eigenvalue weighted by Gasteiger charge is -2.19. The molecule has 3 atom stereocenters. The molecule has 1 aromatic heterocycles. The van der Waals surface area contributed by atoms with E-state index in [0.29, 0.717) is 5.56 Å². The number of nitrogens with zero attached hydrogens (tertiary/aromatic N) is 1. The monoisotopic (exact) mass is 441 g/mol. The van der Waals surface area contributed by atoms with Gasteiger partial charge in [0.2, 0.25) is 0 Å². The summed E-state index contributed by atoms with van der Waals surface area (Å²) in [5.74, 6) is 0. The molecule has 162 valence electrons. The van der Waals surface area contributed by atoms with Crippen molar-refractivity contribution in [3.63, 3.8) is 0 Å². The van der Waals surface area contributed by atoms with Crippen LogP contribution < -0.4 is 16.6 Å². The number of ether oxygens (including phenoxy) is 1. The molecule has 31 heavy (non-hydrogen) atoms. The van der Waals surface area contributed by atoms with E-state index in [4.69, 9.17) is 9.84 Å². The number of para-hydroxylation sites is 2. The van der Waals surface area contributed by atoms with Crippen molar-refractivity contribution in [1.82, 2.24) is 9.55 Å². The summed E-state index contributed by atoms with van der Waals surface area (Å²) in [5, 5.41) is 21.9. The number of rotatable bonds is 2. The van der Waals surface area contributed by atoms with Crippen molar-refractivity contribution in [2.75, 3.05) is 11.9 Å². The van der Waals surface area contributed by atoms with Crippen LogP contribution in [-0.2, 0) is 4.74 Å². The Kier molecular flexibility index (Phi) is 6.28. The predicted octanol–water partition coefficient (Wildman–Crippen LogP) is 2.38. The number of aromatic nitrogens is 2. The molecule has 4 N–H and O–H groups in total. The molecular weight excluding hydrogens is 418 g/mol. The van der Waals surface area contributed by atoms with Gasteiger partial charge in [-0.15, -0.1) is 0 Å². The Morgan fingerprint density at radius 3 is 2.29 bits per heavy atom. The average Bonchev–Trinajstić information content (AvgIpc) is 3.15. The van der Waals surface area contributed by atoms with Crippen molar-refractivity contribution < 1.29 is 14.9 Å². The molecule has 0 aliphatic carbocycles. The van der Waals surface area contributed by atoms with Crippen LogP contribution in [0.5, 0.6) is 0 Å². The topological polar surface area (TPSA) is 117 Å². The standard InChI is InChI=1S/C12H9NS.C10H14N2O5/c1-3-7-11-9(5-1)13-10-6-2-4-8-12(10)14-11;1-5-3-12(10(16)11-9(5)15)8-2-6(14)7(4-13)17-8/h1-8,13H;3,6-8,13-14H,2,4H2,1H3,(H,11,15,16)/t;6-,7+,8+/m.0/s1. The van der Waals surface area contributed by atoms with Crippen LogP contribution in [0.3, 0.4) is 0 Å². The minimum Gasteiger partial charge on any atom is -0.394 e. The second-order valence-corrected chi connectivity index (χ2v) is 8.40. The molecule has 0 amide bonds. The van der Waals surface area contributed by atoms with Gasteiger partial charge < -0.3 is 20.3 Å². The van der Waals surface area contributed by atoms with Crippen LogP contribution in [0.1, 0.15) is 18.2 Å². The van der Waals surface area contributed by atoms with Crippen molar-refractivity contribution in [2.45, 2.75) is 41.6 Å². The Bertz CT molecular complexity index is 1100. The van der Waals surface area contributed by atoms with E-state index in [1.807, 2.05) is 11.8 Å². The molecule has 9 heteroatoms. The molecule has 2 aliphatic heterocycles. The molecule has 3 heterocycles. The highest BCUT2D eigenvalue weighted by atomic mass is 32.2. The lowest BCUT2D eigenvalue weighted by molar-refractivity contribution is -0.0459. The third-order valence-electron chi connectivity index (χ3n) is 5.10. The van der Waals surface area contributed by atoms with Crippen LogP contribution in [0.2, 0.25) is 0 Å². The van der Waals surface area contributed by atoms with Gasteiger partial charge in [-0.05, 0) is 31.2 Å². The predicted molar refractivity (Wildman–Crippen MR) is 118 cm³/mol. The van der Waals surface area contributed by atoms with E-state index in [-0.39, 0.29) is 13.0 Å². The fourth-order valence-corrected chi connectivity index (χ4v) is 4.42. The smallest absolute Gasteiger partial charge is 0.330 e. The van der Waals surface area contributed by atoms with Crippen LogP contribution in [0.25, 0.3) is 0 Å². The minimum atomic E-state index is -0.816. The van der Waals surface area contributed by atoms with Crippen LogP contribution >= 0.6 is 11.8 Å². The zero-order valence-corrected chi connectivity index (χ0v) is 17.6. The zero-order valence-electron chi connectivity index (χ0n) is 16.8. The number of hydrogen-bond acceptors (Lipinski definition) is 7. The van der Waals surface area contributed by atoms with Crippen LogP contribution in [-0.4, -0.2) is 38.6 Å². The first-order chi connectivity index (χ1) is 15.0. The molecule has 0 radical (unpaired) electrons. The van der Waals surface area contributed by atoms with E-state index in [2.05, 4.69) is 58.8 Å². The third-order valence-corrected chi connectivity index (χ3v) is 6.26. The number of aliphatic hydroxyl groups excluding tert-OH is 2. The van der Waals surface area contributed by atoms with Gasteiger partial charge in [0.15, 0.2) is 0 Å². The molecule has 5 rings (SSSR count). The van der Waals surface area contributed by atoms with E-state index < -0.39 is 29.7 Å². The molecule has 8 nitrogen and oxygen atoms in total. The lowest BCUT2D eigenvalue weighted by atomic mass is 10.2. The van der Waals surface area contributed by atoms with Crippen molar-refractivity contribution in [2.24, 2.45) is 0 Å². The van der Waals surface area contributed by atoms with Gasteiger partial charge in [-0.25, -0.2) is 4.79 Å². The van der Waals surface area contributed by atoms with Gasteiger partial charge in [0.25, 0.3) is 5.56 Å². The Hall–Kier alpha value is -2.85. The Balaban J connectivity index is 0.000000151. The van der Waals surface area contributed by atoms with Crippen molar-refractivity contribution in [3.05, 3.63) is 81.1 Å². The zero-order chi connectivity index (χ0) is 22.0. The highest BCUT2D eigenvalue weighted by Gasteiger charge is 2.34. The van der Waals surface area contributed by atoms with Crippen molar-refractivity contribution in [3.8, 4) is 0 Å². The summed E-state index contributed by atoms with van der Waals surface area (Å²) < 4.78 is 6.54. The molecule has 0 spiro atoms. The van der Waals surface area contributed by atoms with Gasteiger partial charge in [-0.3, -0.25) is 14.3 Å². The first kappa shape index (κ1) is 21.4. The summed E-state index contributed by atoms with van der Waals surface area (Å²) in [5.41, 5.74) is 1.77. The first-order valence-corrected chi connectivity index (χ1v) is 10.7. The molecule has 1 saturated heterocycles. The molecule has 0 bridgehead atoms. The van der Waals surface area contributed by atoms with E-state index in [1.165, 1.54) is 31.9 Å². The van der Waals surface area contributed by atoms with Crippen LogP contribution in [0, 0.1) is 6.92 Å². The number of benzene rings is 2. The van der Waals surface area contributed by atoms with Crippen molar-refractivity contribution >= 4 is 23.1 Å². The average molecular weight is 442 g/mol. The fourth-order valence-electron chi connectivity index (χ4n) is 3.43. The SMILES string of the molecule is Cc1cn([C@H]2C[C@H](O)[C@@H](CO)O2)c(=O)[nH]c1=O.c1ccc2c(c1)Nc1ccccc1S2. The number of aryl methyl sites for hydroxylation is 1. The summed E-state index contributed by atoms with van der Waals surface area (Å²) in [6, 6.07) is 16.8. The van der Waals surface area contributed by atoms with E-state index >= 15 is 0 Å². The van der Waals surface area contributed by atoms with Gasteiger partial charge in [0.05, 0.1) is 24.1 Å². The Morgan fingerprint density at radius 2 is 1.71 bits per heavy atom. The van der Waals surface area contributed by atoms with Gasteiger partial charge in [0.1, 0.15) is 12.3 Å². The Morgan fingerprint density at radius 1 is 1.10 bits per heavy atom. The molecular formula is C22H23N3O5S. The summed E-state index contributed by atoms with van der Waals surface area (Å²) in [6.45, 7) is 1.26. The summed E-state index contributed by atoms with van der Waals surface area (Å²) in [7, 11) is 0. The highest BCUT2D eigenvalue weighted by molar-refractivity contribution is 7.99. The number of H-pyrrole nitrogens is 1. The van der Waals surface area contributed by atoms with Crippen molar-refractivity contribution in [1.29, 1.82) is 0 Å². The van der Waals surface area contributed by atoms with Gasteiger partial charge in [0, 0.05) is 28.0 Å². The number of anilines is 2. The summed E-state index contributed by atoms with van der Waals surface area (Å²) in [6.07, 6.45) is -0.581. The largest absolute Gasteiger partial charge is 0.394 e. The number of nitrogens with one attached hydrogen (secondary N) is 2. The quantitative estimate of drug-likeness (QED) is 0.377. The van der Waals surface area contributed by atoms with Gasteiger partial charge >= 0.3 is 5.69 Å². The van der Waals surface area contributed by atoms with Crippen LogP contribution in [0.15, 0.2) is 74.1 Å². The molecule has 0 saturated carbocycles. The molecule has 2 aromatic carbocycles. The second kappa shape index (κ2) is 9.11. The van der Waals surface area contributed by atoms with E-state index in [9.17, 15) is 14.7 Å². The molecule has 1 fully saturated rings.